The van der Waals surface area contributed by atoms with Gasteiger partial charge in [-0.15, -0.1) is 0 Å². The molecule has 0 saturated carbocycles. The molecule has 166 valence electrons. The van der Waals surface area contributed by atoms with Crippen LogP contribution in [0.5, 0.6) is 0 Å². The number of carbonyl (C=O) groups is 2. The maximum atomic E-state index is 14.5. The molecule has 3 aliphatic rings. The average molecular weight is 492 g/mol. The number of thioether (sulfide) groups is 1. The second-order valence-electron chi connectivity index (χ2n) is 8.68. The van der Waals surface area contributed by atoms with Gasteiger partial charge in [0.15, 0.2) is 5.54 Å². The molecule has 33 heavy (non-hydrogen) atoms. The average Bonchev–Trinajstić information content (AvgIpc) is 3.55. The van der Waals surface area contributed by atoms with Crippen LogP contribution in [-0.4, -0.2) is 44.3 Å². The lowest BCUT2D eigenvalue weighted by Crippen LogP contribution is -2.61. The molecule has 6 rings (SSSR count). The highest BCUT2D eigenvalue weighted by Crippen LogP contribution is 2.65. The Morgan fingerprint density at radius 2 is 1.85 bits per heavy atom. The quantitative estimate of drug-likeness (QED) is 0.550. The van der Waals surface area contributed by atoms with Gasteiger partial charge < -0.3 is 5.32 Å². The van der Waals surface area contributed by atoms with Crippen LogP contribution in [0.4, 0.5) is 5.69 Å². The third kappa shape index (κ3) is 2.66. The Morgan fingerprint density at radius 3 is 2.61 bits per heavy atom. The molecule has 5 nitrogen and oxygen atoms in total. The first kappa shape index (κ1) is 21.0. The molecule has 4 heterocycles. The van der Waals surface area contributed by atoms with Crippen molar-refractivity contribution in [1.82, 2.24) is 9.80 Å². The second kappa shape index (κ2) is 7.50. The molecule has 0 bridgehead atoms. The maximum absolute atomic E-state index is 14.5. The number of hydrogen-bond donors (Lipinski definition) is 1. The predicted molar refractivity (Wildman–Crippen MR) is 136 cm³/mol. The number of likely N-dealkylation sites (N-methyl/N-ethyl adjacent to an activating group) is 1. The highest BCUT2D eigenvalue weighted by atomic mass is 32.2. The highest BCUT2D eigenvalue weighted by Gasteiger charge is 2.77. The zero-order valence-electron chi connectivity index (χ0n) is 17.9. The Kier molecular flexibility index (Phi) is 4.78. The molecule has 3 aliphatic heterocycles. The number of thiophene rings is 1. The van der Waals surface area contributed by atoms with Crippen molar-refractivity contribution in [3.8, 4) is 0 Å². The molecule has 2 saturated heterocycles. The van der Waals surface area contributed by atoms with E-state index in [1.807, 2.05) is 67.0 Å². The number of thiocarbonyl (C=S) groups is 1. The summed E-state index contributed by atoms with van der Waals surface area (Å²) in [5.41, 5.74) is 2.55. The minimum Gasteiger partial charge on any atom is -0.324 e. The molecule has 1 N–H and O–H groups in total. The number of hydrogen-bond acceptors (Lipinski definition) is 6. The van der Waals surface area contributed by atoms with E-state index in [4.69, 9.17) is 12.2 Å². The number of benzene rings is 2. The maximum Gasteiger partial charge on any atom is 0.251 e. The minimum absolute atomic E-state index is 0.0891. The van der Waals surface area contributed by atoms with E-state index in [1.165, 1.54) is 11.8 Å². The molecule has 8 heteroatoms. The first-order chi connectivity index (χ1) is 16.0. The van der Waals surface area contributed by atoms with Crippen molar-refractivity contribution in [3.05, 3.63) is 88.1 Å². The molecular weight excluding hydrogens is 470 g/mol. The second-order valence-corrected chi connectivity index (χ2v) is 11.3. The van der Waals surface area contributed by atoms with Gasteiger partial charge in [0.1, 0.15) is 9.07 Å². The number of para-hydroxylation sites is 1. The van der Waals surface area contributed by atoms with Crippen molar-refractivity contribution in [2.75, 3.05) is 18.9 Å². The third-order valence-corrected chi connectivity index (χ3v) is 9.75. The lowest BCUT2D eigenvalue weighted by molar-refractivity contribution is -0.138. The topological polar surface area (TPSA) is 52.7 Å². The first-order valence-electron chi connectivity index (χ1n) is 10.7. The van der Waals surface area contributed by atoms with Gasteiger partial charge in [0.25, 0.3) is 5.91 Å². The number of nitrogens with one attached hydrogen (secondary N) is 1. The van der Waals surface area contributed by atoms with E-state index >= 15 is 0 Å². The van der Waals surface area contributed by atoms with E-state index in [0.717, 1.165) is 22.4 Å². The largest absolute Gasteiger partial charge is 0.324 e. The number of likely N-dealkylation sites (tertiary alicyclic amines) is 1. The molecule has 3 aromatic rings. The summed E-state index contributed by atoms with van der Waals surface area (Å²) in [5, 5.41) is 7.19. The van der Waals surface area contributed by atoms with Gasteiger partial charge in [-0.1, -0.05) is 72.5 Å². The van der Waals surface area contributed by atoms with Crippen LogP contribution >= 0.6 is 35.3 Å². The number of fused-ring (bicyclic) bond motifs is 3. The first-order valence-corrected chi connectivity index (χ1v) is 12.9. The van der Waals surface area contributed by atoms with E-state index in [2.05, 4.69) is 21.7 Å². The monoisotopic (exact) mass is 491 g/mol. The van der Waals surface area contributed by atoms with Gasteiger partial charge in [0.05, 0.1) is 6.54 Å². The number of amides is 2. The fourth-order valence-electron chi connectivity index (χ4n) is 5.75. The Bertz CT molecular complexity index is 1280. The highest BCUT2D eigenvalue weighted by molar-refractivity contribution is 8.25. The summed E-state index contributed by atoms with van der Waals surface area (Å²) < 4.78 is -0.568. The molecule has 2 aromatic carbocycles. The molecule has 3 atom stereocenters. The minimum atomic E-state index is -1.15. The van der Waals surface area contributed by atoms with Crippen molar-refractivity contribution in [1.29, 1.82) is 0 Å². The van der Waals surface area contributed by atoms with Gasteiger partial charge in [0, 0.05) is 23.7 Å². The smallest absolute Gasteiger partial charge is 0.251 e. The van der Waals surface area contributed by atoms with E-state index in [-0.39, 0.29) is 17.7 Å². The zero-order valence-corrected chi connectivity index (χ0v) is 20.3. The standard InChI is InChI=1S/C25H21N3O2S3/c1-27-14-19(17-11-12-32-15-17)25(24(27)18-9-5-6-10-20(18)26-21(24)29)22(30)28(23(31)33-25)13-16-7-3-2-4-8-16/h2-12,15,19H,13-14H2,1H3,(H,26,29). The normalized spacial score (nSPS) is 28.8. The van der Waals surface area contributed by atoms with E-state index < -0.39 is 10.3 Å². The van der Waals surface area contributed by atoms with Crippen LogP contribution < -0.4 is 5.32 Å². The molecule has 1 aromatic heterocycles. The Morgan fingerprint density at radius 1 is 1.09 bits per heavy atom. The number of anilines is 1. The SMILES string of the molecule is CN1CC(c2ccsc2)C2(SC(=S)N(Cc3ccccc3)C2=O)C12C(=O)Nc1ccccc12. The van der Waals surface area contributed by atoms with Crippen molar-refractivity contribution >= 4 is 57.1 Å². The van der Waals surface area contributed by atoms with Gasteiger partial charge in [-0.25, -0.2) is 0 Å². The molecule has 2 spiro atoms. The van der Waals surface area contributed by atoms with E-state index in [1.54, 1.807) is 16.2 Å². The van der Waals surface area contributed by atoms with Gasteiger partial charge >= 0.3 is 0 Å². The van der Waals surface area contributed by atoms with Crippen molar-refractivity contribution < 1.29 is 9.59 Å². The predicted octanol–water partition coefficient (Wildman–Crippen LogP) is 4.42. The number of rotatable bonds is 3. The summed E-state index contributed by atoms with van der Waals surface area (Å²) in [4.78, 5) is 32.2. The summed E-state index contributed by atoms with van der Waals surface area (Å²) in [5.74, 6) is -0.426. The van der Waals surface area contributed by atoms with Crippen molar-refractivity contribution in [2.45, 2.75) is 22.7 Å². The molecule has 0 aliphatic carbocycles. The summed E-state index contributed by atoms with van der Waals surface area (Å²) in [7, 11) is 1.95. The lowest BCUT2D eigenvalue weighted by atomic mass is 9.72. The Labute approximate surface area is 205 Å². The summed E-state index contributed by atoms with van der Waals surface area (Å²) in [6.45, 7) is 0.978. The third-order valence-electron chi connectivity index (χ3n) is 7.11. The Hall–Kier alpha value is -2.52. The van der Waals surface area contributed by atoms with Gasteiger partial charge in [0.2, 0.25) is 5.91 Å². The summed E-state index contributed by atoms with van der Waals surface area (Å²) in [6, 6.07) is 19.7. The molecule has 2 fully saturated rings. The van der Waals surface area contributed by atoms with Crippen LogP contribution in [0.3, 0.4) is 0 Å². The van der Waals surface area contributed by atoms with Gasteiger partial charge in [-0.2, -0.15) is 11.3 Å². The van der Waals surface area contributed by atoms with Gasteiger partial charge in [-0.3, -0.25) is 19.4 Å². The van der Waals surface area contributed by atoms with Crippen LogP contribution in [0, 0.1) is 0 Å². The van der Waals surface area contributed by atoms with Crippen molar-refractivity contribution in [3.63, 3.8) is 0 Å². The van der Waals surface area contributed by atoms with Crippen LogP contribution in [-0.2, 0) is 21.7 Å². The van der Waals surface area contributed by atoms with E-state index in [9.17, 15) is 9.59 Å². The Balaban J connectivity index is 1.57. The van der Waals surface area contributed by atoms with Crippen molar-refractivity contribution in [2.24, 2.45) is 0 Å². The molecular formula is C25H21N3O2S3. The summed E-state index contributed by atoms with van der Waals surface area (Å²) >= 11 is 8.82. The number of nitrogens with zero attached hydrogens (tertiary/aromatic N) is 2. The van der Waals surface area contributed by atoms with Crippen LogP contribution in [0.15, 0.2) is 71.4 Å². The number of carbonyl (C=O) groups excluding carboxylic acids is 2. The molecule has 2 amide bonds. The fraction of sp³-hybridized carbons (Fsp3) is 0.240. The van der Waals surface area contributed by atoms with E-state index in [0.29, 0.717) is 17.4 Å². The summed E-state index contributed by atoms with van der Waals surface area (Å²) in [6.07, 6.45) is 0. The van der Waals surface area contributed by atoms with Crippen LogP contribution in [0.2, 0.25) is 0 Å². The van der Waals surface area contributed by atoms with Crippen LogP contribution in [0.25, 0.3) is 0 Å². The molecule has 3 unspecified atom stereocenters. The fourth-order valence-corrected chi connectivity index (χ4v) is 8.60. The van der Waals surface area contributed by atoms with Gasteiger partial charge in [-0.05, 0) is 41.1 Å². The molecule has 0 radical (unpaired) electrons. The zero-order chi connectivity index (χ0) is 22.8. The lowest BCUT2D eigenvalue weighted by Gasteiger charge is -2.41. The van der Waals surface area contributed by atoms with Crippen LogP contribution in [0.1, 0.15) is 22.6 Å².